The molecule has 3 heterocycles. The summed E-state index contributed by atoms with van der Waals surface area (Å²) < 4.78 is 19.7. The molecule has 2 aliphatic rings. The quantitative estimate of drug-likeness (QED) is 0.462. The number of benzene rings is 1. The molecule has 4 rings (SSSR count). The monoisotopic (exact) mass is 460 g/mol. The first-order valence-electron chi connectivity index (χ1n) is 10.5. The Balaban J connectivity index is 1.50. The fourth-order valence-corrected chi connectivity index (χ4v) is 7.58. The van der Waals surface area contributed by atoms with Crippen molar-refractivity contribution in [3.8, 4) is 6.01 Å². The van der Waals surface area contributed by atoms with E-state index < -0.39 is 8.07 Å². The SMILES string of the molecule is Cc1cn2c(nc1=O)OC1[C@@H](SCC[Si](C)(C)C)[C@@H](COC(=O)c3ccccc3)O[C@H]12. The first-order chi connectivity index (χ1) is 14.7. The average molecular weight is 461 g/mol. The maximum atomic E-state index is 12.4. The van der Waals surface area contributed by atoms with Crippen LogP contribution in [0, 0.1) is 6.92 Å². The second-order valence-corrected chi connectivity index (χ2v) is 16.1. The fourth-order valence-electron chi connectivity index (χ4n) is 3.65. The zero-order chi connectivity index (χ0) is 22.2. The molecule has 0 aliphatic carbocycles. The molecular formula is C22H28N2O5SSi. The molecule has 0 saturated carbocycles. The van der Waals surface area contributed by atoms with Crippen LogP contribution in [0.4, 0.5) is 0 Å². The van der Waals surface area contributed by atoms with Crippen LogP contribution in [-0.2, 0) is 9.47 Å². The number of fused-ring (bicyclic) bond motifs is 3. The summed E-state index contributed by atoms with van der Waals surface area (Å²) >= 11 is 1.80. The summed E-state index contributed by atoms with van der Waals surface area (Å²) in [7, 11) is -1.19. The molecule has 9 heteroatoms. The van der Waals surface area contributed by atoms with Gasteiger partial charge in [-0.05, 0) is 30.9 Å². The Bertz CT molecular complexity index is 1010. The summed E-state index contributed by atoms with van der Waals surface area (Å²) in [5.74, 6) is 0.620. The number of hydrogen-bond donors (Lipinski definition) is 0. The first-order valence-corrected chi connectivity index (χ1v) is 15.2. The van der Waals surface area contributed by atoms with Crippen molar-refractivity contribution in [2.45, 2.75) is 56.3 Å². The maximum absolute atomic E-state index is 12.4. The molecule has 0 spiro atoms. The van der Waals surface area contributed by atoms with E-state index in [9.17, 15) is 9.59 Å². The summed E-state index contributed by atoms with van der Waals surface area (Å²) in [6.45, 7) is 8.92. The standard InChI is InChI=1S/C22H28N2O5SSi/c1-14-12-24-20-17(29-22(24)23-19(14)25)18(30-10-11-31(2,3)4)16(28-20)13-27-21(26)15-8-6-5-7-9-15/h5-9,12,16-18,20H,10-11,13H2,1-4H3/t16-,17?,18+,20-/m1/s1. The van der Waals surface area contributed by atoms with Crippen LogP contribution in [0.2, 0.25) is 25.7 Å². The Morgan fingerprint density at radius 3 is 2.71 bits per heavy atom. The van der Waals surface area contributed by atoms with E-state index in [4.69, 9.17) is 14.2 Å². The minimum atomic E-state index is -1.19. The van der Waals surface area contributed by atoms with Gasteiger partial charge in [0.15, 0.2) is 12.3 Å². The molecule has 1 aromatic heterocycles. The Morgan fingerprint density at radius 2 is 2.00 bits per heavy atom. The van der Waals surface area contributed by atoms with E-state index in [0.29, 0.717) is 17.1 Å². The van der Waals surface area contributed by atoms with E-state index >= 15 is 0 Å². The number of rotatable bonds is 7. The predicted octanol–water partition coefficient (Wildman–Crippen LogP) is 3.51. The maximum Gasteiger partial charge on any atom is 0.338 e. The van der Waals surface area contributed by atoms with Crippen LogP contribution in [0.5, 0.6) is 6.01 Å². The number of aromatic nitrogens is 2. The van der Waals surface area contributed by atoms with Crippen LogP contribution in [0.15, 0.2) is 41.3 Å². The van der Waals surface area contributed by atoms with Gasteiger partial charge in [0.2, 0.25) is 0 Å². The highest BCUT2D eigenvalue weighted by Gasteiger charge is 2.52. The van der Waals surface area contributed by atoms with Gasteiger partial charge in [-0.2, -0.15) is 16.7 Å². The molecule has 0 amide bonds. The van der Waals surface area contributed by atoms with E-state index in [-0.39, 0.29) is 41.8 Å². The van der Waals surface area contributed by atoms with Crippen molar-refractivity contribution in [2.75, 3.05) is 12.4 Å². The van der Waals surface area contributed by atoms with E-state index in [1.54, 1.807) is 41.6 Å². The van der Waals surface area contributed by atoms with Crippen molar-refractivity contribution in [3.63, 3.8) is 0 Å². The number of ether oxygens (including phenoxy) is 3. The molecule has 4 atom stereocenters. The van der Waals surface area contributed by atoms with E-state index in [0.717, 1.165) is 5.75 Å². The van der Waals surface area contributed by atoms with Crippen molar-refractivity contribution in [1.29, 1.82) is 0 Å². The van der Waals surface area contributed by atoms with Gasteiger partial charge >= 0.3 is 12.0 Å². The average Bonchev–Trinajstić information content (AvgIpc) is 3.22. The molecular weight excluding hydrogens is 432 g/mol. The van der Waals surface area contributed by atoms with Crippen LogP contribution < -0.4 is 10.3 Å². The summed E-state index contributed by atoms with van der Waals surface area (Å²) in [6.07, 6.45) is 0.770. The second-order valence-electron chi connectivity index (χ2n) is 9.18. The molecule has 2 aromatic rings. The predicted molar refractivity (Wildman–Crippen MR) is 123 cm³/mol. The fraction of sp³-hybridized carbons (Fsp3) is 0.500. The van der Waals surface area contributed by atoms with E-state index in [1.807, 2.05) is 18.2 Å². The normalized spacial score (nSPS) is 24.4. The van der Waals surface area contributed by atoms with E-state index in [2.05, 4.69) is 24.6 Å². The lowest BCUT2D eigenvalue weighted by Gasteiger charge is -2.23. The molecule has 0 radical (unpaired) electrons. The Hall–Kier alpha value is -2.10. The van der Waals surface area contributed by atoms with Crippen LogP contribution in [-0.4, -0.2) is 53.4 Å². The highest BCUT2D eigenvalue weighted by atomic mass is 32.2. The van der Waals surface area contributed by atoms with Crippen molar-refractivity contribution < 1.29 is 19.0 Å². The van der Waals surface area contributed by atoms with Gasteiger partial charge in [0, 0.05) is 19.8 Å². The van der Waals surface area contributed by atoms with Gasteiger partial charge in [-0.15, -0.1) is 0 Å². The molecule has 1 unspecified atom stereocenters. The molecule has 166 valence electrons. The number of nitrogens with zero attached hydrogens (tertiary/aromatic N) is 2. The van der Waals surface area contributed by atoms with Gasteiger partial charge in [0.25, 0.3) is 5.56 Å². The molecule has 0 bridgehead atoms. The molecule has 7 nitrogen and oxygen atoms in total. The minimum absolute atomic E-state index is 0.0259. The third-order valence-corrected chi connectivity index (χ3v) is 8.95. The van der Waals surface area contributed by atoms with Gasteiger partial charge in [0.1, 0.15) is 12.7 Å². The van der Waals surface area contributed by atoms with Crippen molar-refractivity contribution >= 4 is 25.8 Å². The Morgan fingerprint density at radius 1 is 1.26 bits per heavy atom. The summed E-state index contributed by atoms with van der Waals surface area (Å²) in [5.41, 5.74) is 0.767. The summed E-state index contributed by atoms with van der Waals surface area (Å²) in [4.78, 5) is 28.4. The van der Waals surface area contributed by atoms with Gasteiger partial charge in [-0.1, -0.05) is 37.8 Å². The van der Waals surface area contributed by atoms with Gasteiger partial charge in [0.05, 0.1) is 10.8 Å². The number of thioether (sulfide) groups is 1. The van der Waals surface area contributed by atoms with Crippen LogP contribution in [0.1, 0.15) is 22.1 Å². The summed E-state index contributed by atoms with van der Waals surface area (Å²) in [6, 6.07) is 10.4. The molecule has 2 aliphatic heterocycles. The van der Waals surface area contributed by atoms with Crippen LogP contribution in [0.3, 0.4) is 0 Å². The lowest BCUT2D eigenvalue weighted by atomic mass is 10.2. The van der Waals surface area contributed by atoms with Crippen molar-refractivity contribution in [3.05, 3.63) is 58.0 Å². The highest BCUT2D eigenvalue weighted by molar-refractivity contribution is 8.00. The number of aryl methyl sites for hydroxylation is 1. The van der Waals surface area contributed by atoms with Crippen molar-refractivity contribution in [2.24, 2.45) is 0 Å². The van der Waals surface area contributed by atoms with Crippen molar-refractivity contribution in [1.82, 2.24) is 9.55 Å². The van der Waals surface area contributed by atoms with Crippen LogP contribution in [0.25, 0.3) is 0 Å². The third kappa shape index (κ3) is 4.88. The van der Waals surface area contributed by atoms with Gasteiger partial charge in [-0.25, -0.2) is 4.79 Å². The molecule has 1 saturated heterocycles. The zero-order valence-electron chi connectivity index (χ0n) is 18.2. The Kier molecular flexibility index (Phi) is 6.27. The molecule has 0 N–H and O–H groups in total. The zero-order valence-corrected chi connectivity index (χ0v) is 20.1. The highest BCUT2D eigenvalue weighted by Crippen LogP contribution is 2.44. The Labute approximate surface area is 187 Å². The summed E-state index contributed by atoms with van der Waals surface area (Å²) in [5, 5.41) is -0.0259. The largest absolute Gasteiger partial charge is 0.459 e. The number of hydrogen-bond acceptors (Lipinski definition) is 7. The molecule has 31 heavy (non-hydrogen) atoms. The number of carbonyl (C=O) groups is 1. The van der Waals surface area contributed by atoms with Gasteiger partial charge < -0.3 is 14.2 Å². The minimum Gasteiger partial charge on any atom is -0.459 e. The molecule has 1 fully saturated rings. The van der Waals surface area contributed by atoms with Gasteiger partial charge in [-0.3, -0.25) is 9.36 Å². The third-order valence-electron chi connectivity index (χ3n) is 5.44. The smallest absolute Gasteiger partial charge is 0.338 e. The number of carbonyl (C=O) groups excluding carboxylic acids is 1. The topological polar surface area (TPSA) is 79.7 Å². The number of esters is 1. The van der Waals surface area contributed by atoms with Crippen LogP contribution >= 0.6 is 11.8 Å². The van der Waals surface area contributed by atoms with E-state index in [1.165, 1.54) is 6.04 Å². The first kappa shape index (κ1) is 22.1. The lowest BCUT2D eigenvalue weighted by Crippen LogP contribution is -2.35. The second kappa shape index (κ2) is 8.80. The lowest BCUT2D eigenvalue weighted by molar-refractivity contribution is -0.0338. The molecule has 1 aromatic carbocycles.